The Bertz CT molecular complexity index is 635. The van der Waals surface area contributed by atoms with Gasteiger partial charge >= 0.3 is 0 Å². The molecule has 2 aromatic rings. The molecule has 110 valence electrons. The molecular formula is C16H19N3OS. The third-order valence-electron chi connectivity index (χ3n) is 3.93. The zero-order valence-electron chi connectivity index (χ0n) is 12.2. The van der Waals surface area contributed by atoms with E-state index in [4.69, 9.17) is 0 Å². The van der Waals surface area contributed by atoms with E-state index >= 15 is 0 Å². The van der Waals surface area contributed by atoms with Crippen molar-refractivity contribution < 1.29 is 4.79 Å². The monoisotopic (exact) mass is 301 g/mol. The van der Waals surface area contributed by atoms with Crippen LogP contribution < -0.4 is 10.6 Å². The van der Waals surface area contributed by atoms with Crippen molar-refractivity contribution in [2.75, 3.05) is 11.9 Å². The lowest BCUT2D eigenvalue weighted by atomic mass is 10.0. The quantitative estimate of drug-likeness (QED) is 0.916. The van der Waals surface area contributed by atoms with Crippen molar-refractivity contribution in [2.24, 2.45) is 5.92 Å². The summed E-state index contributed by atoms with van der Waals surface area (Å²) in [7, 11) is 0. The topological polar surface area (TPSA) is 54.0 Å². The first-order valence-electron chi connectivity index (χ1n) is 7.20. The van der Waals surface area contributed by atoms with Crippen LogP contribution in [0.2, 0.25) is 0 Å². The third-order valence-corrected chi connectivity index (χ3v) is 4.70. The summed E-state index contributed by atoms with van der Waals surface area (Å²) in [5, 5.41) is 9.41. The predicted octanol–water partition coefficient (Wildman–Crippen LogP) is 3.06. The van der Waals surface area contributed by atoms with Crippen molar-refractivity contribution in [2.45, 2.75) is 26.3 Å². The number of nitrogens with one attached hydrogen (secondary N) is 2. The predicted molar refractivity (Wildman–Crippen MR) is 86.5 cm³/mol. The number of anilines is 1. The Labute approximate surface area is 128 Å². The fraction of sp³-hybridized carbons (Fsp3) is 0.375. The first-order valence-corrected chi connectivity index (χ1v) is 8.08. The van der Waals surface area contributed by atoms with Gasteiger partial charge in [-0.15, -0.1) is 11.3 Å². The fourth-order valence-corrected chi connectivity index (χ4v) is 3.29. The van der Waals surface area contributed by atoms with Gasteiger partial charge in [-0.25, -0.2) is 4.98 Å². The molecule has 1 aromatic carbocycles. The van der Waals surface area contributed by atoms with E-state index in [0.29, 0.717) is 0 Å². The van der Waals surface area contributed by atoms with Gasteiger partial charge < -0.3 is 10.6 Å². The van der Waals surface area contributed by atoms with Crippen molar-refractivity contribution in [3.05, 3.63) is 34.7 Å². The average Bonchev–Trinajstić information content (AvgIpc) is 3.08. The number of carbonyl (C=O) groups is 1. The van der Waals surface area contributed by atoms with Gasteiger partial charge in [-0.1, -0.05) is 12.1 Å². The molecule has 1 fully saturated rings. The minimum atomic E-state index is 0.0610. The van der Waals surface area contributed by atoms with Gasteiger partial charge in [-0.2, -0.15) is 0 Å². The highest BCUT2D eigenvalue weighted by Gasteiger charge is 2.29. The van der Waals surface area contributed by atoms with Crippen LogP contribution in [0, 0.1) is 12.8 Å². The summed E-state index contributed by atoms with van der Waals surface area (Å²) in [5.41, 5.74) is 2.91. The van der Waals surface area contributed by atoms with Crippen LogP contribution in [0.3, 0.4) is 0 Å². The number of aromatic nitrogens is 1. The first-order chi connectivity index (χ1) is 10.1. The van der Waals surface area contributed by atoms with Crippen molar-refractivity contribution in [1.29, 1.82) is 0 Å². The third kappa shape index (κ3) is 3.14. The molecule has 0 spiro atoms. The van der Waals surface area contributed by atoms with Crippen LogP contribution >= 0.6 is 11.3 Å². The molecule has 2 atom stereocenters. The second-order valence-corrected chi connectivity index (χ2v) is 6.52. The van der Waals surface area contributed by atoms with Gasteiger partial charge in [0.2, 0.25) is 5.91 Å². The zero-order valence-corrected chi connectivity index (χ0v) is 13.0. The molecule has 1 aliphatic heterocycles. The number of amides is 1. The largest absolute Gasteiger partial charge is 0.326 e. The lowest BCUT2D eigenvalue weighted by molar-refractivity contribution is -0.119. The summed E-state index contributed by atoms with van der Waals surface area (Å²) < 4.78 is 0. The number of carbonyl (C=O) groups excluding carboxylic acids is 1. The molecule has 0 bridgehead atoms. The molecule has 0 saturated carbocycles. The molecule has 3 rings (SSSR count). The normalized spacial score (nSPS) is 21.4. The number of hydrogen-bond donors (Lipinski definition) is 2. The van der Waals surface area contributed by atoms with Crippen molar-refractivity contribution in [3.8, 4) is 11.3 Å². The van der Waals surface area contributed by atoms with Gasteiger partial charge in [0, 0.05) is 22.7 Å². The van der Waals surface area contributed by atoms with Crippen LogP contribution in [0.5, 0.6) is 0 Å². The maximum Gasteiger partial charge on any atom is 0.229 e. The highest BCUT2D eigenvalue weighted by Crippen LogP contribution is 2.24. The molecule has 1 saturated heterocycles. The number of nitrogens with zero attached hydrogens (tertiary/aromatic N) is 1. The average molecular weight is 301 g/mol. The molecule has 0 aliphatic carbocycles. The molecule has 1 aliphatic rings. The van der Waals surface area contributed by atoms with Crippen LogP contribution in [-0.2, 0) is 4.79 Å². The van der Waals surface area contributed by atoms with Crippen LogP contribution in [0.4, 0.5) is 5.69 Å². The summed E-state index contributed by atoms with van der Waals surface area (Å²) in [6.45, 7) is 4.98. The van der Waals surface area contributed by atoms with Crippen LogP contribution in [0.15, 0.2) is 29.6 Å². The van der Waals surface area contributed by atoms with E-state index in [1.165, 1.54) is 0 Å². The van der Waals surface area contributed by atoms with Crippen molar-refractivity contribution in [3.63, 3.8) is 0 Å². The maximum atomic E-state index is 12.2. The standard InChI is InChI=1S/C16H19N3OS/c1-10-14(7-8-17-10)16(20)19-13-5-3-12(4-6-13)15-9-21-11(2)18-15/h3-6,9-10,14,17H,7-8H2,1-2H3,(H,19,20). The summed E-state index contributed by atoms with van der Waals surface area (Å²) in [6, 6.07) is 8.13. The smallest absolute Gasteiger partial charge is 0.229 e. The van der Waals surface area contributed by atoms with Crippen molar-refractivity contribution >= 4 is 22.9 Å². The molecule has 1 aromatic heterocycles. The molecule has 4 nitrogen and oxygen atoms in total. The molecule has 0 radical (unpaired) electrons. The van der Waals surface area contributed by atoms with Gasteiger partial charge in [0.25, 0.3) is 0 Å². The minimum absolute atomic E-state index is 0.0610. The van der Waals surface area contributed by atoms with Crippen LogP contribution in [-0.4, -0.2) is 23.5 Å². The first kappa shape index (κ1) is 14.2. The van der Waals surface area contributed by atoms with E-state index in [1.54, 1.807) is 11.3 Å². The summed E-state index contributed by atoms with van der Waals surface area (Å²) in [6.07, 6.45) is 0.906. The second-order valence-electron chi connectivity index (χ2n) is 5.46. The molecular weight excluding hydrogens is 282 g/mol. The Morgan fingerprint density at radius 2 is 2.14 bits per heavy atom. The molecule has 1 amide bonds. The van der Waals surface area contributed by atoms with E-state index < -0.39 is 0 Å². The number of hydrogen-bond acceptors (Lipinski definition) is 4. The van der Waals surface area contributed by atoms with E-state index in [1.807, 2.05) is 31.2 Å². The Morgan fingerprint density at radius 3 is 2.71 bits per heavy atom. The second kappa shape index (κ2) is 5.95. The van der Waals surface area contributed by atoms with E-state index in [-0.39, 0.29) is 17.9 Å². The SMILES string of the molecule is Cc1nc(-c2ccc(NC(=O)C3CCNC3C)cc2)cs1. The van der Waals surface area contributed by atoms with E-state index in [0.717, 1.165) is 34.9 Å². The Hall–Kier alpha value is -1.72. The summed E-state index contributed by atoms with van der Waals surface area (Å²) >= 11 is 1.64. The molecule has 2 N–H and O–H groups in total. The molecule has 2 unspecified atom stereocenters. The van der Waals surface area contributed by atoms with Gasteiger partial charge in [0.15, 0.2) is 0 Å². The highest BCUT2D eigenvalue weighted by molar-refractivity contribution is 7.09. The Balaban J connectivity index is 1.68. The Morgan fingerprint density at radius 1 is 1.38 bits per heavy atom. The van der Waals surface area contributed by atoms with Gasteiger partial charge in [-0.3, -0.25) is 4.79 Å². The van der Waals surface area contributed by atoms with E-state index in [9.17, 15) is 4.79 Å². The van der Waals surface area contributed by atoms with E-state index in [2.05, 4.69) is 27.9 Å². The van der Waals surface area contributed by atoms with Crippen LogP contribution in [0.25, 0.3) is 11.3 Å². The number of thiazole rings is 1. The number of aryl methyl sites for hydroxylation is 1. The zero-order chi connectivity index (χ0) is 14.8. The van der Waals surface area contributed by atoms with Gasteiger partial charge in [0.05, 0.1) is 16.6 Å². The lowest BCUT2D eigenvalue weighted by Gasteiger charge is -2.15. The van der Waals surface area contributed by atoms with Gasteiger partial charge in [0.1, 0.15) is 0 Å². The summed E-state index contributed by atoms with van der Waals surface area (Å²) in [4.78, 5) is 16.7. The molecule has 21 heavy (non-hydrogen) atoms. The van der Waals surface area contributed by atoms with Gasteiger partial charge in [-0.05, 0) is 38.9 Å². The fourth-order valence-electron chi connectivity index (χ4n) is 2.67. The molecule has 5 heteroatoms. The summed E-state index contributed by atoms with van der Waals surface area (Å²) in [5.74, 6) is 0.163. The number of benzene rings is 1. The Kier molecular flexibility index (Phi) is 4.03. The van der Waals surface area contributed by atoms with Crippen molar-refractivity contribution in [1.82, 2.24) is 10.3 Å². The molecule has 2 heterocycles. The minimum Gasteiger partial charge on any atom is -0.326 e. The maximum absolute atomic E-state index is 12.2. The number of rotatable bonds is 3. The lowest BCUT2D eigenvalue weighted by Crippen LogP contribution is -2.32. The van der Waals surface area contributed by atoms with Crippen LogP contribution in [0.1, 0.15) is 18.4 Å². The highest BCUT2D eigenvalue weighted by atomic mass is 32.1.